The van der Waals surface area contributed by atoms with Gasteiger partial charge in [-0.1, -0.05) is 19.4 Å². The Labute approximate surface area is 100 Å². The Hall–Kier alpha value is -0.340. The lowest BCUT2D eigenvalue weighted by Gasteiger charge is -2.24. The SMILES string of the molecule is C=CCCCC[C@@H](C)COC1CCCCO1. The van der Waals surface area contributed by atoms with E-state index < -0.39 is 0 Å². The first kappa shape index (κ1) is 13.7. The van der Waals surface area contributed by atoms with Crippen molar-refractivity contribution >= 4 is 0 Å². The Bertz CT molecular complexity index is 174. The highest BCUT2D eigenvalue weighted by Gasteiger charge is 2.14. The Morgan fingerprint density at radius 1 is 1.44 bits per heavy atom. The Balaban J connectivity index is 1.96. The summed E-state index contributed by atoms with van der Waals surface area (Å²) >= 11 is 0. The molecule has 0 aromatic rings. The molecule has 1 fully saturated rings. The van der Waals surface area contributed by atoms with Gasteiger partial charge in [0, 0.05) is 6.61 Å². The number of ether oxygens (including phenoxy) is 2. The van der Waals surface area contributed by atoms with E-state index in [1.807, 2.05) is 6.08 Å². The van der Waals surface area contributed by atoms with Gasteiger partial charge in [-0.25, -0.2) is 0 Å². The van der Waals surface area contributed by atoms with E-state index in [0.717, 1.165) is 26.1 Å². The van der Waals surface area contributed by atoms with E-state index in [9.17, 15) is 0 Å². The first-order chi connectivity index (χ1) is 7.83. The molecule has 0 aromatic carbocycles. The van der Waals surface area contributed by atoms with Gasteiger partial charge >= 0.3 is 0 Å². The molecule has 2 atom stereocenters. The Morgan fingerprint density at radius 3 is 3.00 bits per heavy atom. The van der Waals surface area contributed by atoms with E-state index in [1.165, 1.54) is 32.1 Å². The molecule has 0 aliphatic carbocycles. The van der Waals surface area contributed by atoms with Crippen LogP contribution in [0.1, 0.15) is 51.9 Å². The molecule has 1 aliphatic heterocycles. The minimum Gasteiger partial charge on any atom is -0.353 e. The lowest BCUT2D eigenvalue weighted by molar-refractivity contribution is -0.168. The van der Waals surface area contributed by atoms with Crippen molar-refractivity contribution in [1.82, 2.24) is 0 Å². The molecule has 0 amide bonds. The summed E-state index contributed by atoms with van der Waals surface area (Å²) in [6.45, 7) is 7.71. The normalized spacial score (nSPS) is 22.9. The third kappa shape index (κ3) is 6.29. The zero-order valence-electron chi connectivity index (χ0n) is 10.6. The minimum atomic E-state index is 0.0735. The molecule has 0 N–H and O–H groups in total. The molecular formula is C14H26O2. The topological polar surface area (TPSA) is 18.5 Å². The lowest BCUT2D eigenvalue weighted by Crippen LogP contribution is -2.24. The monoisotopic (exact) mass is 226 g/mol. The molecule has 0 bridgehead atoms. The smallest absolute Gasteiger partial charge is 0.157 e. The zero-order valence-corrected chi connectivity index (χ0v) is 10.6. The van der Waals surface area contributed by atoms with Crippen LogP contribution in [0, 0.1) is 5.92 Å². The predicted octanol–water partition coefficient (Wildman–Crippen LogP) is 3.91. The van der Waals surface area contributed by atoms with Gasteiger partial charge in [0.15, 0.2) is 6.29 Å². The van der Waals surface area contributed by atoms with Gasteiger partial charge < -0.3 is 9.47 Å². The largest absolute Gasteiger partial charge is 0.353 e. The van der Waals surface area contributed by atoms with Crippen LogP contribution in [0.4, 0.5) is 0 Å². The first-order valence-electron chi connectivity index (χ1n) is 6.67. The molecule has 94 valence electrons. The Morgan fingerprint density at radius 2 is 2.31 bits per heavy atom. The van der Waals surface area contributed by atoms with E-state index >= 15 is 0 Å². The van der Waals surface area contributed by atoms with Crippen molar-refractivity contribution in [2.24, 2.45) is 5.92 Å². The average molecular weight is 226 g/mol. The molecule has 2 heteroatoms. The summed E-state index contributed by atoms with van der Waals surface area (Å²) in [5.41, 5.74) is 0. The highest BCUT2D eigenvalue weighted by atomic mass is 16.7. The van der Waals surface area contributed by atoms with Gasteiger partial charge in [0.2, 0.25) is 0 Å². The summed E-state index contributed by atoms with van der Waals surface area (Å²) in [6, 6.07) is 0. The molecule has 0 radical (unpaired) electrons. The highest BCUT2D eigenvalue weighted by molar-refractivity contribution is 4.66. The second-order valence-corrected chi connectivity index (χ2v) is 4.81. The molecule has 1 aliphatic rings. The third-order valence-electron chi connectivity index (χ3n) is 3.06. The summed E-state index contributed by atoms with van der Waals surface area (Å²) in [7, 11) is 0. The summed E-state index contributed by atoms with van der Waals surface area (Å²) < 4.78 is 11.3. The number of allylic oxidation sites excluding steroid dienone is 1. The maximum Gasteiger partial charge on any atom is 0.157 e. The van der Waals surface area contributed by atoms with Crippen LogP contribution < -0.4 is 0 Å². The van der Waals surface area contributed by atoms with E-state index in [0.29, 0.717) is 5.92 Å². The van der Waals surface area contributed by atoms with Crippen molar-refractivity contribution in [3.8, 4) is 0 Å². The highest BCUT2D eigenvalue weighted by Crippen LogP contribution is 2.16. The number of hydrogen-bond acceptors (Lipinski definition) is 2. The maximum atomic E-state index is 5.76. The number of hydrogen-bond donors (Lipinski definition) is 0. The van der Waals surface area contributed by atoms with Gasteiger partial charge in [-0.05, 0) is 44.4 Å². The molecule has 1 heterocycles. The fourth-order valence-electron chi connectivity index (χ4n) is 1.98. The van der Waals surface area contributed by atoms with Crippen LogP contribution >= 0.6 is 0 Å². The van der Waals surface area contributed by atoms with Crippen molar-refractivity contribution in [3.63, 3.8) is 0 Å². The predicted molar refractivity (Wildman–Crippen MR) is 67.4 cm³/mol. The Kier molecular flexibility index (Phi) is 7.52. The fraction of sp³-hybridized carbons (Fsp3) is 0.857. The molecule has 0 saturated carbocycles. The van der Waals surface area contributed by atoms with Crippen molar-refractivity contribution in [2.75, 3.05) is 13.2 Å². The van der Waals surface area contributed by atoms with E-state index in [2.05, 4.69) is 13.5 Å². The van der Waals surface area contributed by atoms with Crippen LogP contribution in [-0.4, -0.2) is 19.5 Å². The molecule has 0 aromatic heterocycles. The van der Waals surface area contributed by atoms with Crippen LogP contribution in [0.25, 0.3) is 0 Å². The molecule has 16 heavy (non-hydrogen) atoms. The van der Waals surface area contributed by atoms with Crippen molar-refractivity contribution < 1.29 is 9.47 Å². The quantitative estimate of drug-likeness (QED) is 0.461. The van der Waals surface area contributed by atoms with E-state index in [1.54, 1.807) is 0 Å². The van der Waals surface area contributed by atoms with Gasteiger partial charge in [0.05, 0.1) is 6.61 Å². The van der Waals surface area contributed by atoms with Crippen LogP contribution in [0.2, 0.25) is 0 Å². The van der Waals surface area contributed by atoms with Gasteiger partial charge in [0.25, 0.3) is 0 Å². The van der Waals surface area contributed by atoms with Gasteiger partial charge in [-0.2, -0.15) is 0 Å². The van der Waals surface area contributed by atoms with Crippen LogP contribution in [0.3, 0.4) is 0 Å². The standard InChI is InChI=1S/C14H26O2/c1-3-4-5-6-9-13(2)12-16-14-10-7-8-11-15-14/h3,13-14H,1,4-12H2,2H3/t13-,14?/m1/s1. The van der Waals surface area contributed by atoms with Crippen molar-refractivity contribution in [3.05, 3.63) is 12.7 Å². The summed E-state index contributed by atoms with van der Waals surface area (Å²) in [5, 5.41) is 0. The fourth-order valence-corrected chi connectivity index (χ4v) is 1.98. The second kappa shape index (κ2) is 8.77. The first-order valence-corrected chi connectivity index (χ1v) is 6.67. The maximum absolute atomic E-state index is 5.76. The van der Waals surface area contributed by atoms with Crippen molar-refractivity contribution in [1.29, 1.82) is 0 Å². The average Bonchev–Trinajstić information content (AvgIpc) is 2.33. The molecule has 1 unspecified atom stereocenters. The summed E-state index contributed by atoms with van der Waals surface area (Å²) in [5.74, 6) is 0.648. The van der Waals surface area contributed by atoms with E-state index in [-0.39, 0.29) is 6.29 Å². The van der Waals surface area contributed by atoms with Gasteiger partial charge in [-0.3, -0.25) is 0 Å². The van der Waals surface area contributed by atoms with Gasteiger partial charge in [-0.15, -0.1) is 6.58 Å². The molecule has 1 saturated heterocycles. The molecule has 0 spiro atoms. The summed E-state index contributed by atoms with van der Waals surface area (Å²) in [6.07, 6.45) is 10.5. The number of unbranched alkanes of at least 4 members (excludes halogenated alkanes) is 2. The number of rotatable bonds is 8. The van der Waals surface area contributed by atoms with Crippen LogP contribution in [0.15, 0.2) is 12.7 Å². The molecule has 2 nitrogen and oxygen atoms in total. The molecule has 1 rings (SSSR count). The van der Waals surface area contributed by atoms with Crippen molar-refractivity contribution in [2.45, 2.75) is 58.2 Å². The minimum absolute atomic E-state index is 0.0735. The zero-order chi connectivity index (χ0) is 11.6. The summed E-state index contributed by atoms with van der Waals surface area (Å²) in [4.78, 5) is 0. The molecular weight excluding hydrogens is 200 g/mol. The van der Waals surface area contributed by atoms with Crippen LogP contribution in [-0.2, 0) is 9.47 Å². The van der Waals surface area contributed by atoms with Gasteiger partial charge in [0.1, 0.15) is 0 Å². The second-order valence-electron chi connectivity index (χ2n) is 4.81. The van der Waals surface area contributed by atoms with E-state index in [4.69, 9.17) is 9.47 Å². The third-order valence-corrected chi connectivity index (χ3v) is 3.06. The lowest BCUT2D eigenvalue weighted by atomic mass is 10.0. The van der Waals surface area contributed by atoms with Crippen LogP contribution in [0.5, 0.6) is 0 Å².